The summed E-state index contributed by atoms with van der Waals surface area (Å²) in [5.74, 6) is 0.510. The summed E-state index contributed by atoms with van der Waals surface area (Å²) in [6, 6.07) is 8.31. The van der Waals surface area contributed by atoms with Gasteiger partial charge in [-0.2, -0.15) is 5.10 Å². The molecule has 27 heavy (non-hydrogen) atoms. The fourth-order valence-corrected chi connectivity index (χ4v) is 3.94. The van der Waals surface area contributed by atoms with E-state index in [0.29, 0.717) is 5.92 Å². The van der Waals surface area contributed by atoms with Crippen LogP contribution in [0, 0.1) is 5.92 Å². The Morgan fingerprint density at radius 3 is 2.48 bits per heavy atom. The highest BCUT2D eigenvalue weighted by molar-refractivity contribution is 5.95. The van der Waals surface area contributed by atoms with Crippen LogP contribution in [-0.4, -0.2) is 58.2 Å². The van der Waals surface area contributed by atoms with Gasteiger partial charge in [0.25, 0.3) is 0 Å². The molecular formula is C21H29N5O. The standard InChI is InChI=1S/C21H29N5O/c1-3-25-8-10-26(11-9-25)14-16-4-6-18(7-5-16)23-21(27)20-12-19(20)17-13-22-24(2)15-17/h4-7,13,15,19-20H,3,8-12,14H2,1-2H3,(H,23,27). The molecule has 1 aromatic carbocycles. The average Bonchev–Trinajstić information content (AvgIpc) is 3.38. The number of carbonyl (C=O) groups is 1. The smallest absolute Gasteiger partial charge is 0.228 e. The molecule has 0 radical (unpaired) electrons. The number of hydrogen-bond acceptors (Lipinski definition) is 4. The van der Waals surface area contributed by atoms with Crippen LogP contribution in [0.5, 0.6) is 0 Å². The molecule has 6 heteroatoms. The Kier molecular flexibility index (Phi) is 5.27. The Bertz CT molecular complexity index is 776. The topological polar surface area (TPSA) is 53.4 Å². The largest absolute Gasteiger partial charge is 0.326 e. The molecule has 1 aliphatic heterocycles. The maximum Gasteiger partial charge on any atom is 0.228 e. The first kappa shape index (κ1) is 18.2. The van der Waals surface area contributed by atoms with Crippen molar-refractivity contribution in [2.45, 2.75) is 25.8 Å². The number of aromatic nitrogens is 2. The molecule has 2 heterocycles. The predicted octanol–water partition coefficient (Wildman–Crippen LogP) is 2.30. The monoisotopic (exact) mass is 367 g/mol. The minimum absolute atomic E-state index is 0.0729. The summed E-state index contributed by atoms with van der Waals surface area (Å²) >= 11 is 0. The number of aryl methyl sites for hydroxylation is 1. The summed E-state index contributed by atoms with van der Waals surface area (Å²) in [6.45, 7) is 8.92. The van der Waals surface area contributed by atoms with Crippen LogP contribution in [0.4, 0.5) is 5.69 Å². The van der Waals surface area contributed by atoms with E-state index < -0.39 is 0 Å². The second kappa shape index (κ2) is 7.82. The summed E-state index contributed by atoms with van der Waals surface area (Å²) in [5.41, 5.74) is 3.35. The van der Waals surface area contributed by atoms with E-state index in [9.17, 15) is 4.79 Å². The molecule has 1 amide bonds. The first-order valence-corrected chi connectivity index (χ1v) is 9.95. The molecule has 1 N–H and O–H groups in total. The lowest BCUT2D eigenvalue weighted by Gasteiger charge is -2.34. The van der Waals surface area contributed by atoms with Gasteiger partial charge in [-0.1, -0.05) is 19.1 Å². The number of nitrogens with one attached hydrogen (secondary N) is 1. The number of benzene rings is 1. The number of anilines is 1. The number of carbonyl (C=O) groups excluding carboxylic acids is 1. The van der Waals surface area contributed by atoms with E-state index in [0.717, 1.165) is 56.9 Å². The molecule has 0 spiro atoms. The highest BCUT2D eigenvalue weighted by Crippen LogP contribution is 2.47. The zero-order chi connectivity index (χ0) is 18.8. The first-order valence-electron chi connectivity index (χ1n) is 9.95. The summed E-state index contributed by atoms with van der Waals surface area (Å²) in [7, 11) is 1.91. The normalized spacial score (nSPS) is 23.3. The molecule has 0 bridgehead atoms. The van der Waals surface area contributed by atoms with Gasteiger partial charge < -0.3 is 10.2 Å². The lowest BCUT2D eigenvalue weighted by atomic mass is 10.1. The number of rotatable bonds is 6. The van der Waals surface area contributed by atoms with E-state index in [-0.39, 0.29) is 11.8 Å². The summed E-state index contributed by atoms with van der Waals surface area (Å²) in [5, 5.41) is 7.27. The maximum atomic E-state index is 12.5. The molecule has 2 aliphatic rings. The van der Waals surface area contributed by atoms with Gasteiger partial charge in [0.15, 0.2) is 0 Å². The number of likely N-dealkylation sites (N-methyl/N-ethyl adjacent to an activating group) is 1. The van der Waals surface area contributed by atoms with Gasteiger partial charge >= 0.3 is 0 Å². The number of piperazine rings is 1. The predicted molar refractivity (Wildman–Crippen MR) is 107 cm³/mol. The molecule has 1 aromatic heterocycles. The number of hydrogen-bond donors (Lipinski definition) is 1. The van der Waals surface area contributed by atoms with Crippen LogP contribution in [0.1, 0.15) is 30.4 Å². The molecule has 2 fully saturated rings. The van der Waals surface area contributed by atoms with Crippen molar-refractivity contribution >= 4 is 11.6 Å². The molecule has 1 aliphatic carbocycles. The van der Waals surface area contributed by atoms with Gasteiger partial charge in [0, 0.05) is 57.6 Å². The second-order valence-corrected chi connectivity index (χ2v) is 7.79. The minimum Gasteiger partial charge on any atom is -0.326 e. The fraction of sp³-hybridized carbons (Fsp3) is 0.524. The van der Waals surface area contributed by atoms with Gasteiger partial charge in [0.2, 0.25) is 5.91 Å². The van der Waals surface area contributed by atoms with Crippen molar-refractivity contribution in [3.8, 4) is 0 Å². The van der Waals surface area contributed by atoms with Crippen molar-refractivity contribution in [3.05, 3.63) is 47.8 Å². The van der Waals surface area contributed by atoms with E-state index in [4.69, 9.17) is 0 Å². The zero-order valence-electron chi connectivity index (χ0n) is 16.3. The summed E-state index contributed by atoms with van der Waals surface area (Å²) in [6.07, 6.45) is 4.79. The highest BCUT2D eigenvalue weighted by Gasteiger charge is 2.44. The molecule has 6 nitrogen and oxygen atoms in total. The van der Waals surface area contributed by atoms with Crippen LogP contribution < -0.4 is 5.32 Å². The third-order valence-corrected chi connectivity index (χ3v) is 5.82. The maximum absolute atomic E-state index is 12.5. The Labute approximate surface area is 161 Å². The third-order valence-electron chi connectivity index (χ3n) is 5.82. The Morgan fingerprint density at radius 2 is 1.85 bits per heavy atom. The van der Waals surface area contributed by atoms with Gasteiger partial charge in [-0.3, -0.25) is 14.4 Å². The summed E-state index contributed by atoms with van der Waals surface area (Å²) < 4.78 is 1.80. The van der Waals surface area contributed by atoms with Crippen LogP contribution >= 0.6 is 0 Å². The van der Waals surface area contributed by atoms with Gasteiger partial charge in [0.1, 0.15) is 0 Å². The Balaban J connectivity index is 1.26. The molecule has 1 saturated carbocycles. The van der Waals surface area contributed by atoms with Crippen molar-refractivity contribution < 1.29 is 4.79 Å². The molecule has 1 saturated heterocycles. The van der Waals surface area contributed by atoms with Crippen LogP contribution in [0.2, 0.25) is 0 Å². The van der Waals surface area contributed by atoms with Crippen molar-refractivity contribution in [2.24, 2.45) is 13.0 Å². The fourth-order valence-electron chi connectivity index (χ4n) is 3.94. The molecular weight excluding hydrogens is 338 g/mol. The van der Waals surface area contributed by atoms with Crippen molar-refractivity contribution in [2.75, 3.05) is 38.0 Å². The van der Waals surface area contributed by atoms with Crippen molar-refractivity contribution in [1.82, 2.24) is 19.6 Å². The van der Waals surface area contributed by atoms with E-state index in [1.807, 2.05) is 31.6 Å². The van der Waals surface area contributed by atoms with Crippen LogP contribution in [-0.2, 0) is 18.4 Å². The van der Waals surface area contributed by atoms with Gasteiger partial charge in [-0.25, -0.2) is 0 Å². The quantitative estimate of drug-likeness (QED) is 0.851. The third kappa shape index (κ3) is 4.39. The van der Waals surface area contributed by atoms with Crippen molar-refractivity contribution in [1.29, 1.82) is 0 Å². The van der Waals surface area contributed by atoms with Gasteiger partial charge in [0.05, 0.1) is 6.20 Å². The van der Waals surface area contributed by atoms with E-state index in [1.54, 1.807) is 4.68 Å². The molecule has 4 rings (SSSR count). The van der Waals surface area contributed by atoms with Crippen LogP contribution in [0.15, 0.2) is 36.7 Å². The van der Waals surface area contributed by atoms with Crippen molar-refractivity contribution in [3.63, 3.8) is 0 Å². The van der Waals surface area contributed by atoms with Gasteiger partial charge in [-0.15, -0.1) is 0 Å². The Hall–Kier alpha value is -2.18. The molecule has 144 valence electrons. The SMILES string of the molecule is CCN1CCN(Cc2ccc(NC(=O)C3CC3c3cnn(C)c3)cc2)CC1. The van der Waals surface area contributed by atoms with E-state index in [2.05, 4.69) is 39.3 Å². The molecule has 2 aromatic rings. The zero-order valence-corrected chi connectivity index (χ0v) is 16.3. The van der Waals surface area contributed by atoms with E-state index in [1.165, 1.54) is 5.56 Å². The number of nitrogens with zero attached hydrogens (tertiary/aromatic N) is 4. The minimum atomic E-state index is 0.0729. The summed E-state index contributed by atoms with van der Waals surface area (Å²) in [4.78, 5) is 17.5. The second-order valence-electron chi connectivity index (χ2n) is 7.79. The lowest BCUT2D eigenvalue weighted by molar-refractivity contribution is -0.117. The van der Waals surface area contributed by atoms with Crippen LogP contribution in [0.3, 0.4) is 0 Å². The van der Waals surface area contributed by atoms with E-state index >= 15 is 0 Å². The first-order chi connectivity index (χ1) is 13.1. The molecule has 2 unspecified atom stereocenters. The van der Waals surface area contributed by atoms with Gasteiger partial charge in [-0.05, 0) is 42.1 Å². The molecule has 2 atom stereocenters. The highest BCUT2D eigenvalue weighted by atomic mass is 16.2. The lowest BCUT2D eigenvalue weighted by Crippen LogP contribution is -2.45. The average molecular weight is 367 g/mol. The number of amides is 1. The Morgan fingerprint density at radius 1 is 1.15 bits per heavy atom. The van der Waals surface area contributed by atoms with Crippen LogP contribution in [0.25, 0.3) is 0 Å².